The molecule has 134 valence electrons. The third kappa shape index (κ3) is 3.00. The Kier molecular flexibility index (Phi) is 4.48. The van der Waals surface area contributed by atoms with Crippen LogP contribution in [0.25, 0.3) is 10.9 Å². The number of carbonyl (C=O) groups is 1. The molecule has 0 fully saturated rings. The van der Waals surface area contributed by atoms with Crippen LogP contribution >= 0.6 is 11.8 Å². The van der Waals surface area contributed by atoms with Crippen LogP contribution < -0.4 is 5.48 Å². The SMILES string of the molecule is Cc1ccc2c(c1)c(Sc1ccc(C(=O)NO)cc1)c1n2CCN(C)C1. The number of benzene rings is 2. The zero-order valence-electron chi connectivity index (χ0n) is 14.8. The molecule has 0 saturated heterocycles. The molecule has 0 spiro atoms. The van der Waals surface area contributed by atoms with Crippen molar-refractivity contribution < 1.29 is 10.0 Å². The van der Waals surface area contributed by atoms with Gasteiger partial charge in [-0.3, -0.25) is 14.9 Å². The van der Waals surface area contributed by atoms with Crippen LogP contribution in [0.3, 0.4) is 0 Å². The van der Waals surface area contributed by atoms with Gasteiger partial charge in [0.1, 0.15) is 0 Å². The standard InChI is InChI=1S/C20H21N3O2S/c1-13-3-8-17-16(11-13)19(18-12-22(2)9-10-23(17)18)26-15-6-4-14(5-7-15)20(24)21-25/h3-8,11,25H,9-10,12H2,1-2H3,(H,21,24). The van der Waals surface area contributed by atoms with Crippen molar-refractivity contribution in [2.24, 2.45) is 0 Å². The van der Waals surface area contributed by atoms with Gasteiger partial charge >= 0.3 is 0 Å². The molecule has 26 heavy (non-hydrogen) atoms. The quantitative estimate of drug-likeness (QED) is 0.548. The molecule has 0 atom stereocenters. The van der Waals surface area contributed by atoms with Gasteiger partial charge in [0.25, 0.3) is 5.91 Å². The van der Waals surface area contributed by atoms with E-state index in [-0.39, 0.29) is 0 Å². The number of fused-ring (bicyclic) bond motifs is 3. The minimum atomic E-state index is -0.495. The molecule has 0 unspecified atom stereocenters. The summed E-state index contributed by atoms with van der Waals surface area (Å²) < 4.78 is 2.44. The van der Waals surface area contributed by atoms with Gasteiger partial charge in [-0.15, -0.1) is 0 Å². The monoisotopic (exact) mass is 367 g/mol. The number of hydroxylamine groups is 1. The Morgan fingerprint density at radius 2 is 1.92 bits per heavy atom. The van der Waals surface area contributed by atoms with Gasteiger partial charge in [0, 0.05) is 51.6 Å². The van der Waals surface area contributed by atoms with Gasteiger partial charge < -0.3 is 4.57 Å². The first-order valence-electron chi connectivity index (χ1n) is 8.59. The van der Waals surface area contributed by atoms with E-state index in [9.17, 15) is 4.79 Å². The molecule has 1 aliphatic heterocycles. The molecule has 1 aliphatic rings. The topological polar surface area (TPSA) is 57.5 Å². The van der Waals surface area contributed by atoms with Crippen LogP contribution in [0.4, 0.5) is 0 Å². The van der Waals surface area contributed by atoms with Crippen LogP contribution in [0.5, 0.6) is 0 Å². The van der Waals surface area contributed by atoms with Crippen molar-refractivity contribution in [1.82, 2.24) is 14.9 Å². The lowest BCUT2D eigenvalue weighted by molar-refractivity contribution is 0.0706. The summed E-state index contributed by atoms with van der Waals surface area (Å²) in [6, 6.07) is 14.0. The van der Waals surface area contributed by atoms with E-state index in [4.69, 9.17) is 5.21 Å². The number of hydrogen-bond donors (Lipinski definition) is 2. The van der Waals surface area contributed by atoms with E-state index in [1.165, 1.54) is 27.1 Å². The average molecular weight is 367 g/mol. The molecule has 0 radical (unpaired) electrons. The number of nitrogens with zero attached hydrogens (tertiary/aromatic N) is 2. The fraction of sp³-hybridized carbons (Fsp3) is 0.250. The Labute approximate surface area is 156 Å². The second-order valence-electron chi connectivity index (χ2n) is 6.75. The van der Waals surface area contributed by atoms with E-state index >= 15 is 0 Å². The summed E-state index contributed by atoms with van der Waals surface area (Å²) in [7, 11) is 2.16. The van der Waals surface area contributed by atoms with Gasteiger partial charge in [0.15, 0.2) is 0 Å². The Morgan fingerprint density at radius 3 is 2.65 bits per heavy atom. The lowest BCUT2D eigenvalue weighted by Crippen LogP contribution is -2.30. The van der Waals surface area contributed by atoms with Gasteiger partial charge in [0.05, 0.1) is 0 Å². The van der Waals surface area contributed by atoms with Crippen LogP contribution in [-0.4, -0.2) is 34.2 Å². The fourth-order valence-corrected chi connectivity index (χ4v) is 4.55. The van der Waals surface area contributed by atoms with Crippen molar-refractivity contribution in [3.8, 4) is 0 Å². The summed E-state index contributed by atoms with van der Waals surface area (Å²) in [5, 5.41) is 10.0. The van der Waals surface area contributed by atoms with E-state index < -0.39 is 5.91 Å². The van der Waals surface area contributed by atoms with Crippen LogP contribution in [0, 0.1) is 6.92 Å². The van der Waals surface area contributed by atoms with E-state index in [0.717, 1.165) is 24.5 Å². The van der Waals surface area contributed by atoms with Crippen LogP contribution in [-0.2, 0) is 13.1 Å². The molecule has 4 rings (SSSR count). The normalized spacial score (nSPS) is 14.4. The minimum Gasteiger partial charge on any atom is -0.341 e. The zero-order chi connectivity index (χ0) is 18.3. The smallest absolute Gasteiger partial charge is 0.274 e. The highest BCUT2D eigenvalue weighted by molar-refractivity contribution is 7.99. The van der Waals surface area contributed by atoms with Crippen molar-refractivity contribution in [3.63, 3.8) is 0 Å². The third-order valence-corrected chi connectivity index (χ3v) is 6.01. The summed E-state index contributed by atoms with van der Waals surface area (Å²) in [4.78, 5) is 16.2. The molecule has 0 bridgehead atoms. The number of aryl methyl sites for hydroxylation is 1. The highest BCUT2D eigenvalue weighted by Gasteiger charge is 2.22. The zero-order valence-corrected chi connectivity index (χ0v) is 15.6. The van der Waals surface area contributed by atoms with Gasteiger partial charge in [-0.05, 0) is 50.4 Å². The Morgan fingerprint density at radius 1 is 1.15 bits per heavy atom. The maximum absolute atomic E-state index is 11.5. The summed E-state index contributed by atoms with van der Waals surface area (Å²) in [6.45, 7) is 5.11. The maximum Gasteiger partial charge on any atom is 0.274 e. The van der Waals surface area contributed by atoms with Crippen molar-refractivity contribution in [3.05, 3.63) is 59.3 Å². The summed E-state index contributed by atoms with van der Waals surface area (Å²) in [5.41, 5.74) is 6.00. The number of carbonyl (C=O) groups excluding carboxylic acids is 1. The number of hydrogen-bond acceptors (Lipinski definition) is 4. The number of nitrogens with one attached hydrogen (secondary N) is 1. The fourth-order valence-electron chi connectivity index (χ4n) is 3.48. The first-order chi connectivity index (χ1) is 12.6. The lowest BCUT2D eigenvalue weighted by atomic mass is 10.2. The molecule has 0 saturated carbocycles. The molecule has 6 heteroatoms. The molecular weight excluding hydrogens is 346 g/mol. The molecule has 2 heterocycles. The van der Waals surface area contributed by atoms with Gasteiger partial charge in [-0.25, -0.2) is 5.48 Å². The van der Waals surface area contributed by atoms with E-state index in [1.807, 2.05) is 12.1 Å². The maximum atomic E-state index is 11.5. The first-order valence-corrected chi connectivity index (χ1v) is 9.41. The molecule has 1 aromatic heterocycles. The molecule has 1 amide bonds. The molecular formula is C20H21N3O2S. The second-order valence-corrected chi connectivity index (χ2v) is 7.84. The minimum absolute atomic E-state index is 0.441. The number of rotatable bonds is 3. The number of aromatic nitrogens is 1. The first kappa shape index (κ1) is 17.1. The Bertz CT molecular complexity index is 979. The summed E-state index contributed by atoms with van der Waals surface area (Å²) >= 11 is 1.74. The van der Waals surface area contributed by atoms with Crippen molar-refractivity contribution in [2.75, 3.05) is 13.6 Å². The van der Waals surface area contributed by atoms with Crippen molar-refractivity contribution in [2.45, 2.75) is 29.8 Å². The molecule has 2 aromatic carbocycles. The van der Waals surface area contributed by atoms with Crippen LogP contribution in [0.2, 0.25) is 0 Å². The average Bonchev–Trinajstić information content (AvgIpc) is 2.94. The van der Waals surface area contributed by atoms with E-state index in [2.05, 4.69) is 41.6 Å². The predicted octanol–water partition coefficient (Wildman–Crippen LogP) is 3.67. The molecule has 3 aromatic rings. The molecule has 2 N–H and O–H groups in total. The summed E-state index contributed by atoms with van der Waals surface area (Å²) in [6.07, 6.45) is 0. The second kappa shape index (κ2) is 6.79. The third-order valence-electron chi connectivity index (χ3n) is 4.84. The van der Waals surface area contributed by atoms with Gasteiger partial charge in [-0.2, -0.15) is 0 Å². The molecule has 0 aliphatic carbocycles. The lowest BCUT2D eigenvalue weighted by Gasteiger charge is -2.26. The van der Waals surface area contributed by atoms with E-state index in [1.54, 1.807) is 29.4 Å². The summed E-state index contributed by atoms with van der Waals surface area (Å²) in [5.74, 6) is -0.495. The Balaban J connectivity index is 1.77. The van der Waals surface area contributed by atoms with Crippen LogP contribution in [0.15, 0.2) is 52.3 Å². The van der Waals surface area contributed by atoms with E-state index in [0.29, 0.717) is 5.56 Å². The largest absolute Gasteiger partial charge is 0.341 e. The predicted molar refractivity (Wildman–Crippen MR) is 103 cm³/mol. The van der Waals surface area contributed by atoms with Crippen LogP contribution in [0.1, 0.15) is 21.6 Å². The number of amides is 1. The van der Waals surface area contributed by atoms with Crippen molar-refractivity contribution >= 4 is 28.6 Å². The van der Waals surface area contributed by atoms with Gasteiger partial charge in [-0.1, -0.05) is 23.4 Å². The van der Waals surface area contributed by atoms with Gasteiger partial charge in [0.2, 0.25) is 0 Å². The molecule has 5 nitrogen and oxygen atoms in total. The highest BCUT2D eigenvalue weighted by Crippen LogP contribution is 2.40. The Hall–Kier alpha value is -2.28. The van der Waals surface area contributed by atoms with Crippen molar-refractivity contribution in [1.29, 1.82) is 0 Å². The number of likely N-dealkylation sites (N-methyl/N-ethyl adjacent to an activating group) is 1. The highest BCUT2D eigenvalue weighted by atomic mass is 32.2.